The molecule has 9 heteroatoms. The van der Waals surface area contributed by atoms with Gasteiger partial charge in [-0.1, -0.05) is 32.0 Å². The largest absolute Gasteiger partial charge is 0.493 e. The highest BCUT2D eigenvalue weighted by Gasteiger charge is 2.32. The van der Waals surface area contributed by atoms with Gasteiger partial charge >= 0.3 is 6.09 Å². The van der Waals surface area contributed by atoms with E-state index in [1.54, 1.807) is 43.5 Å². The summed E-state index contributed by atoms with van der Waals surface area (Å²) in [5.41, 5.74) is 2.23. The normalized spacial score (nSPS) is 13.7. The lowest BCUT2D eigenvalue weighted by Crippen LogP contribution is -2.41. The minimum atomic E-state index is -0.546. The number of hydrogen-bond acceptors (Lipinski definition) is 6. The van der Waals surface area contributed by atoms with Crippen molar-refractivity contribution in [3.63, 3.8) is 0 Å². The van der Waals surface area contributed by atoms with Gasteiger partial charge in [0.05, 0.1) is 37.4 Å². The van der Waals surface area contributed by atoms with Crippen LogP contribution in [-0.4, -0.2) is 59.6 Å². The van der Waals surface area contributed by atoms with Crippen molar-refractivity contribution in [1.29, 1.82) is 0 Å². The molecule has 4 rings (SSSR count). The van der Waals surface area contributed by atoms with Crippen LogP contribution < -0.4 is 14.8 Å². The van der Waals surface area contributed by atoms with Crippen LogP contribution in [0.15, 0.2) is 54.7 Å². The number of carbonyl (C=O) groups excluding carboxylic acids is 2. The fourth-order valence-electron chi connectivity index (χ4n) is 4.48. The minimum absolute atomic E-state index is 0.0348. The molecule has 39 heavy (non-hydrogen) atoms. The Morgan fingerprint density at radius 1 is 0.949 bits per heavy atom. The van der Waals surface area contributed by atoms with Crippen LogP contribution in [0.25, 0.3) is 5.69 Å². The van der Waals surface area contributed by atoms with Crippen molar-refractivity contribution < 1.29 is 23.8 Å². The molecule has 0 aliphatic carbocycles. The molecule has 1 N–H and O–H groups in total. The predicted molar refractivity (Wildman–Crippen MR) is 152 cm³/mol. The number of nitrogens with zero attached hydrogens (tertiary/aromatic N) is 3. The summed E-state index contributed by atoms with van der Waals surface area (Å²) in [7, 11) is 3.11. The predicted octanol–water partition coefficient (Wildman–Crippen LogP) is 6.28. The van der Waals surface area contributed by atoms with Crippen LogP contribution in [0, 0.1) is 0 Å². The van der Waals surface area contributed by atoms with Crippen molar-refractivity contribution in [3.8, 4) is 17.2 Å². The molecule has 2 amide bonds. The Balaban J connectivity index is 0.00000205. The molecule has 0 saturated carbocycles. The van der Waals surface area contributed by atoms with E-state index < -0.39 is 5.60 Å². The van der Waals surface area contributed by atoms with Gasteiger partial charge in [-0.05, 0) is 57.9 Å². The van der Waals surface area contributed by atoms with Crippen molar-refractivity contribution in [2.24, 2.45) is 0 Å². The number of para-hydroxylation sites is 1. The molecular formula is C30H40N4O5. The van der Waals surface area contributed by atoms with E-state index in [1.807, 2.05) is 69.6 Å². The first-order chi connectivity index (χ1) is 18.7. The van der Waals surface area contributed by atoms with Crippen LogP contribution in [-0.2, 0) is 4.74 Å². The molecule has 3 aromatic rings. The summed E-state index contributed by atoms with van der Waals surface area (Å²) in [5, 5.41) is 7.56. The fourth-order valence-corrected chi connectivity index (χ4v) is 4.48. The maximum atomic E-state index is 13.5. The average Bonchev–Trinajstić information content (AvgIpc) is 3.39. The van der Waals surface area contributed by atoms with Crippen molar-refractivity contribution in [2.75, 3.05) is 32.6 Å². The Labute approximate surface area is 231 Å². The van der Waals surface area contributed by atoms with Crippen LogP contribution in [0.3, 0.4) is 0 Å². The maximum Gasteiger partial charge on any atom is 0.410 e. The lowest BCUT2D eigenvalue weighted by Gasteiger charge is -2.34. The topological polar surface area (TPSA) is 94.9 Å². The number of piperidine rings is 1. The number of anilines is 1. The third-order valence-electron chi connectivity index (χ3n) is 6.23. The summed E-state index contributed by atoms with van der Waals surface area (Å²) in [6.07, 6.45) is 2.68. The zero-order valence-corrected chi connectivity index (χ0v) is 24.0. The quantitative estimate of drug-likeness (QED) is 0.398. The van der Waals surface area contributed by atoms with Gasteiger partial charge in [-0.25, -0.2) is 9.48 Å². The second kappa shape index (κ2) is 13.2. The van der Waals surface area contributed by atoms with Gasteiger partial charge in [0, 0.05) is 30.8 Å². The third kappa shape index (κ3) is 7.31. The standard InChI is InChI=1S/C28H34N4O5.C2H6/c1-28(2,3)37-27(34)31-15-13-19(14-16-31)25-22(18-29-32(25)21-9-7-6-8-10-21)26(33)30-20-11-12-23(35-4)24(17-20)36-5;1-2/h6-12,17-19H,13-16H2,1-5H3,(H,30,33);1-2H3. The highest BCUT2D eigenvalue weighted by molar-refractivity contribution is 6.05. The molecule has 2 heterocycles. The number of benzene rings is 2. The number of rotatable bonds is 6. The van der Waals surface area contributed by atoms with E-state index in [1.165, 1.54) is 0 Å². The maximum absolute atomic E-state index is 13.5. The number of amides is 2. The van der Waals surface area contributed by atoms with Crippen LogP contribution >= 0.6 is 0 Å². The van der Waals surface area contributed by atoms with Crippen LogP contribution in [0.5, 0.6) is 11.5 Å². The Morgan fingerprint density at radius 3 is 2.18 bits per heavy atom. The van der Waals surface area contributed by atoms with E-state index in [0.717, 1.165) is 11.4 Å². The van der Waals surface area contributed by atoms with Gasteiger partial charge < -0.3 is 24.4 Å². The van der Waals surface area contributed by atoms with Crippen molar-refractivity contribution in [2.45, 2.75) is 59.0 Å². The first-order valence-corrected chi connectivity index (χ1v) is 13.3. The van der Waals surface area contributed by atoms with Gasteiger partial charge in [0.15, 0.2) is 11.5 Å². The second-order valence-corrected chi connectivity index (χ2v) is 9.96. The number of methoxy groups -OCH3 is 2. The molecule has 0 unspecified atom stereocenters. The summed E-state index contributed by atoms with van der Waals surface area (Å²) in [5.74, 6) is 0.872. The summed E-state index contributed by atoms with van der Waals surface area (Å²) in [6.45, 7) is 10.7. The van der Waals surface area contributed by atoms with Crippen LogP contribution in [0.1, 0.15) is 69.4 Å². The van der Waals surface area contributed by atoms with Gasteiger partial charge in [0.1, 0.15) is 5.60 Å². The fraction of sp³-hybridized carbons (Fsp3) is 0.433. The SMILES string of the molecule is CC.COc1ccc(NC(=O)c2cnn(-c3ccccc3)c2C2CCN(C(=O)OC(C)(C)C)CC2)cc1OC. The Morgan fingerprint density at radius 2 is 1.59 bits per heavy atom. The van der Waals surface area contributed by atoms with Crippen LogP contribution in [0.4, 0.5) is 10.5 Å². The van der Waals surface area contributed by atoms with E-state index in [4.69, 9.17) is 14.2 Å². The van der Waals surface area contributed by atoms with E-state index in [-0.39, 0.29) is 17.9 Å². The lowest BCUT2D eigenvalue weighted by atomic mass is 9.90. The average molecular weight is 537 g/mol. The van der Waals surface area contributed by atoms with Gasteiger partial charge in [-0.15, -0.1) is 0 Å². The molecule has 0 bridgehead atoms. The van der Waals surface area contributed by atoms with Crippen molar-refractivity contribution in [3.05, 3.63) is 66.0 Å². The lowest BCUT2D eigenvalue weighted by molar-refractivity contribution is 0.0203. The number of likely N-dealkylation sites (tertiary alicyclic amines) is 1. The molecule has 1 aliphatic heterocycles. The molecule has 9 nitrogen and oxygen atoms in total. The zero-order valence-electron chi connectivity index (χ0n) is 24.0. The molecule has 1 fully saturated rings. The molecule has 0 atom stereocenters. The molecule has 0 radical (unpaired) electrons. The molecule has 1 aromatic heterocycles. The molecule has 210 valence electrons. The number of hydrogen-bond donors (Lipinski definition) is 1. The molecule has 0 spiro atoms. The summed E-state index contributed by atoms with van der Waals surface area (Å²) in [4.78, 5) is 27.8. The number of nitrogens with one attached hydrogen (secondary N) is 1. The van der Waals surface area contributed by atoms with E-state index in [9.17, 15) is 9.59 Å². The van der Waals surface area contributed by atoms with E-state index >= 15 is 0 Å². The Kier molecular flexibility index (Phi) is 9.98. The van der Waals surface area contributed by atoms with Gasteiger partial charge in [0.2, 0.25) is 0 Å². The van der Waals surface area contributed by atoms with Crippen molar-refractivity contribution in [1.82, 2.24) is 14.7 Å². The summed E-state index contributed by atoms with van der Waals surface area (Å²) in [6, 6.07) is 15.0. The first kappa shape index (κ1) is 29.5. The number of ether oxygens (including phenoxy) is 3. The van der Waals surface area contributed by atoms with Crippen LogP contribution in [0.2, 0.25) is 0 Å². The third-order valence-corrected chi connectivity index (χ3v) is 6.23. The molecule has 1 aliphatic rings. The Hall–Kier alpha value is -4.01. The van der Waals surface area contributed by atoms with Gasteiger partial charge in [-0.2, -0.15) is 5.10 Å². The van der Waals surface area contributed by atoms with E-state index in [2.05, 4.69) is 10.4 Å². The van der Waals surface area contributed by atoms with Crippen molar-refractivity contribution >= 4 is 17.7 Å². The molecule has 1 saturated heterocycles. The smallest absolute Gasteiger partial charge is 0.410 e. The summed E-state index contributed by atoms with van der Waals surface area (Å²) >= 11 is 0. The van der Waals surface area contributed by atoms with Gasteiger partial charge in [-0.3, -0.25) is 4.79 Å². The van der Waals surface area contributed by atoms with E-state index in [0.29, 0.717) is 48.7 Å². The van der Waals surface area contributed by atoms with Gasteiger partial charge in [0.25, 0.3) is 5.91 Å². The highest BCUT2D eigenvalue weighted by Crippen LogP contribution is 2.34. The number of aromatic nitrogens is 2. The minimum Gasteiger partial charge on any atom is -0.493 e. The second-order valence-electron chi connectivity index (χ2n) is 9.96. The summed E-state index contributed by atoms with van der Waals surface area (Å²) < 4.78 is 18.0. The Bertz CT molecular complexity index is 1240. The highest BCUT2D eigenvalue weighted by atomic mass is 16.6. The number of carbonyl (C=O) groups is 2. The molecular weight excluding hydrogens is 496 g/mol. The zero-order chi connectivity index (χ0) is 28.6. The molecule has 2 aromatic carbocycles. The monoisotopic (exact) mass is 536 g/mol. The first-order valence-electron chi connectivity index (χ1n) is 13.3.